The Labute approximate surface area is 170 Å². The smallest absolute Gasteiger partial charge is 0.408 e. The minimum atomic E-state index is -0.878. The van der Waals surface area contributed by atoms with E-state index >= 15 is 0 Å². The second kappa shape index (κ2) is 12.3. The van der Waals surface area contributed by atoms with E-state index in [-0.39, 0.29) is 24.0 Å². The normalized spacial score (nSPS) is 12.0. The van der Waals surface area contributed by atoms with Gasteiger partial charge in [0.25, 0.3) is 0 Å². The van der Waals surface area contributed by atoms with Gasteiger partial charge >= 0.3 is 12.1 Å². The molecule has 0 radical (unpaired) electrons. The van der Waals surface area contributed by atoms with Crippen LogP contribution in [0.5, 0.6) is 0 Å². The van der Waals surface area contributed by atoms with E-state index < -0.39 is 23.7 Å². The van der Waals surface area contributed by atoms with Crippen LogP contribution in [0, 0.1) is 0 Å². The fourth-order valence-corrected chi connectivity index (χ4v) is 3.03. The predicted octanol–water partition coefficient (Wildman–Crippen LogP) is 2.53. The highest BCUT2D eigenvalue weighted by Crippen LogP contribution is 2.09. The van der Waals surface area contributed by atoms with Crippen molar-refractivity contribution in [2.45, 2.75) is 45.8 Å². The Morgan fingerprint density at radius 3 is 2.43 bits per heavy atom. The molecule has 8 heteroatoms. The van der Waals surface area contributed by atoms with Crippen molar-refractivity contribution in [3.05, 3.63) is 35.9 Å². The zero-order chi connectivity index (χ0) is 21.0. The first-order valence-electron chi connectivity index (χ1n) is 9.25. The minimum absolute atomic E-state index is 0.124. The van der Waals surface area contributed by atoms with Gasteiger partial charge in [-0.3, -0.25) is 4.79 Å². The molecule has 0 heterocycles. The molecule has 1 aromatic rings. The highest BCUT2D eigenvalue weighted by molar-refractivity contribution is 8.00. The number of ether oxygens (including phenoxy) is 2. The molecule has 0 saturated heterocycles. The lowest BCUT2D eigenvalue weighted by Crippen LogP contribution is -2.46. The van der Waals surface area contributed by atoms with E-state index in [9.17, 15) is 14.4 Å². The zero-order valence-corrected chi connectivity index (χ0v) is 17.8. The summed E-state index contributed by atoms with van der Waals surface area (Å²) >= 11 is 1.25. The third-order valence-electron chi connectivity index (χ3n) is 3.36. The lowest BCUT2D eigenvalue weighted by Gasteiger charge is -2.22. The highest BCUT2D eigenvalue weighted by Gasteiger charge is 2.25. The number of alkyl carbamates (subject to hydrolysis) is 1. The first kappa shape index (κ1) is 23.8. The molecule has 28 heavy (non-hydrogen) atoms. The molecule has 0 aromatic heterocycles. The number of amides is 2. The van der Waals surface area contributed by atoms with Gasteiger partial charge in [0.1, 0.15) is 11.6 Å². The van der Waals surface area contributed by atoms with E-state index in [1.807, 2.05) is 30.3 Å². The molecule has 0 fully saturated rings. The Morgan fingerprint density at radius 1 is 1.14 bits per heavy atom. The summed E-state index contributed by atoms with van der Waals surface area (Å²) in [6.07, 6.45) is 0.0570. The Hall–Kier alpha value is -2.22. The maximum Gasteiger partial charge on any atom is 0.408 e. The molecule has 1 rings (SSSR count). The maximum atomic E-state index is 12.0. The van der Waals surface area contributed by atoms with Crippen LogP contribution in [0.2, 0.25) is 0 Å². The van der Waals surface area contributed by atoms with Crippen molar-refractivity contribution in [3.63, 3.8) is 0 Å². The van der Waals surface area contributed by atoms with E-state index in [0.717, 1.165) is 12.0 Å². The van der Waals surface area contributed by atoms with Crippen molar-refractivity contribution in [2.24, 2.45) is 0 Å². The fraction of sp³-hybridized carbons (Fsp3) is 0.550. The van der Waals surface area contributed by atoms with E-state index in [0.29, 0.717) is 6.54 Å². The van der Waals surface area contributed by atoms with Gasteiger partial charge in [-0.25, -0.2) is 9.59 Å². The average Bonchev–Trinajstić information content (AvgIpc) is 2.60. The molecule has 2 N–H and O–H groups in total. The Morgan fingerprint density at radius 2 is 1.82 bits per heavy atom. The molecule has 0 aliphatic rings. The number of carbonyl (C=O) groups is 3. The standard InChI is InChI=1S/C20H30N2O5S/c1-5-26-18(24)16(22-19(25)27-20(2,3)4)13-28-14-17(23)21-12-11-15-9-7-6-8-10-15/h6-10,16H,5,11-14H2,1-4H3,(H,21,23)(H,22,25). The van der Waals surface area contributed by atoms with E-state index in [1.165, 1.54) is 11.8 Å². The number of benzene rings is 1. The number of rotatable bonds is 10. The third-order valence-corrected chi connectivity index (χ3v) is 4.39. The highest BCUT2D eigenvalue weighted by atomic mass is 32.2. The van der Waals surface area contributed by atoms with E-state index in [2.05, 4.69) is 10.6 Å². The van der Waals surface area contributed by atoms with E-state index in [4.69, 9.17) is 9.47 Å². The maximum absolute atomic E-state index is 12.0. The topological polar surface area (TPSA) is 93.7 Å². The molecule has 2 amide bonds. The SMILES string of the molecule is CCOC(=O)C(CSCC(=O)NCCc1ccccc1)NC(=O)OC(C)(C)C. The molecule has 0 aliphatic heterocycles. The van der Waals surface area contributed by atoms with Crippen LogP contribution in [0.25, 0.3) is 0 Å². The van der Waals surface area contributed by atoms with Crippen LogP contribution in [0.15, 0.2) is 30.3 Å². The van der Waals surface area contributed by atoms with Crippen LogP contribution in [0.4, 0.5) is 4.79 Å². The van der Waals surface area contributed by atoms with Crippen LogP contribution in [-0.4, -0.2) is 54.3 Å². The Kier molecular flexibility index (Phi) is 10.4. The second-order valence-corrected chi connectivity index (χ2v) is 8.08. The average molecular weight is 411 g/mol. The number of hydrogen-bond donors (Lipinski definition) is 2. The van der Waals surface area contributed by atoms with Gasteiger partial charge in [-0.1, -0.05) is 30.3 Å². The molecule has 1 atom stereocenters. The first-order chi connectivity index (χ1) is 13.2. The second-order valence-electron chi connectivity index (χ2n) is 7.05. The number of nitrogens with one attached hydrogen (secondary N) is 2. The largest absolute Gasteiger partial charge is 0.464 e. The van der Waals surface area contributed by atoms with Gasteiger partial charge in [-0.2, -0.15) is 0 Å². The van der Waals surface area contributed by atoms with Crippen LogP contribution in [0.1, 0.15) is 33.3 Å². The number of thioether (sulfide) groups is 1. The van der Waals surface area contributed by atoms with Gasteiger partial charge in [-0.05, 0) is 39.7 Å². The van der Waals surface area contributed by atoms with Crippen LogP contribution < -0.4 is 10.6 Å². The lowest BCUT2D eigenvalue weighted by molar-refractivity contribution is -0.145. The van der Waals surface area contributed by atoms with E-state index in [1.54, 1.807) is 27.7 Å². The summed E-state index contributed by atoms with van der Waals surface area (Å²) in [6, 6.07) is 9.00. The van der Waals surface area contributed by atoms with Crippen LogP contribution in [-0.2, 0) is 25.5 Å². The molecule has 1 unspecified atom stereocenters. The fourth-order valence-electron chi connectivity index (χ4n) is 2.17. The lowest BCUT2D eigenvalue weighted by atomic mass is 10.1. The Bertz CT molecular complexity index is 631. The predicted molar refractivity (Wildman–Crippen MR) is 110 cm³/mol. The van der Waals surface area contributed by atoms with Gasteiger partial charge < -0.3 is 20.1 Å². The molecule has 0 spiro atoms. The quantitative estimate of drug-likeness (QED) is 0.576. The van der Waals surface area contributed by atoms with Crippen molar-refractivity contribution in [3.8, 4) is 0 Å². The summed E-state index contributed by atoms with van der Waals surface area (Å²) in [5.74, 6) is -0.281. The summed E-state index contributed by atoms with van der Waals surface area (Å²) in [7, 11) is 0. The molecule has 1 aromatic carbocycles. The van der Waals surface area contributed by atoms with Gasteiger partial charge in [-0.15, -0.1) is 11.8 Å². The summed E-state index contributed by atoms with van der Waals surface area (Å²) in [5.41, 5.74) is 0.481. The zero-order valence-electron chi connectivity index (χ0n) is 16.9. The molecule has 0 aliphatic carbocycles. The van der Waals surface area contributed by atoms with Gasteiger partial charge in [0.05, 0.1) is 12.4 Å². The third kappa shape index (κ3) is 10.8. The summed E-state index contributed by atoms with van der Waals surface area (Å²) in [5, 5.41) is 5.35. The van der Waals surface area contributed by atoms with Crippen molar-refractivity contribution >= 4 is 29.7 Å². The number of esters is 1. The summed E-state index contributed by atoms with van der Waals surface area (Å²) in [6.45, 7) is 7.65. The molecule has 0 saturated carbocycles. The summed E-state index contributed by atoms with van der Waals surface area (Å²) < 4.78 is 10.2. The van der Waals surface area contributed by atoms with Gasteiger partial charge in [0.15, 0.2) is 0 Å². The molecule has 7 nitrogen and oxygen atoms in total. The van der Waals surface area contributed by atoms with Gasteiger partial charge in [0, 0.05) is 12.3 Å². The van der Waals surface area contributed by atoms with Crippen LogP contribution >= 0.6 is 11.8 Å². The minimum Gasteiger partial charge on any atom is -0.464 e. The number of carbonyl (C=O) groups excluding carboxylic acids is 3. The monoisotopic (exact) mass is 410 g/mol. The molecular weight excluding hydrogens is 380 g/mol. The Balaban J connectivity index is 2.38. The van der Waals surface area contributed by atoms with Crippen LogP contribution in [0.3, 0.4) is 0 Å². The molecular formula is C20H30N2O5S. The van der Waals surface area contributed by atoms with Crippen molar-refractivity contribution < 1.29 is 23.9 Å². The first-order valence-corrected chi connectivity index (χ1v) is 10.4. The molecule has 0 bridgehead atoms. The van der Waals surface area contributed by atoms with Crippen molar-refractivity contribution in [1.82, 2.24) is 10.6 Å². The van der Waals surface area contributed by atoms with Crippen molar-refractivity contribution in [2.75, 3.05) is 24.7 Å². The van der Waals surface area contributed by atoms with Gasteiger partial charge in [0.2, 0.25) is 5.91 Å². The van der Waals surface area contributed by atoms with Crippen molar-refractivity contribution in [1.29, 1.82) is 0 Å². The summed E-state index contributed by atoms with van der Waals surface area (Å²) in [4.78, 5) is 35.9. The number of hydrogen-bond acceptors (Lipinski definition) is 6. The molecule has 156 valence electrons.